The molecule has 9 heteroatoms. The molecule has 1 N–H and O–H groups in total. The average Bonchev–Trinajstić information content (AvgIpc) is 3.53. The quantitative estimate of drug-likeness (QED) is 0.240. The maximum absolute atomic E-state index is 13.8. The smallest absolute Gasteiger partial charge is 0.256 e. The van der Waals surface area contributed by atoms with Crippen LogP contribution in [0.25, 0.3) is 33.2 Å². The van der Waals surface area contributed by atoms with Gasteiger partial charge >= 0.3 is 0 Å². The molecule has 210 valence electrons. The molecule has 3 aromatic carbocycles. The van der Waals surface area contributed by atoms with Crippen LogP contribution in [0.3, 0.4) is 0 Å². The minimum absolute atomic E-state index is 0.0151. The lowest BCUT2D eigenvalue weighted by Gasteiger charge is -2.34. The molecule has 5 aromatic rings. The number of thiol groups is 1. The number of fused-ring (bicyclic) bond motifs is 2. The van der Waals surface area contributed by atoms with E-state index in [4.69, 9.17) is 4.42 Å². The monoisotopic (exact) mass is 570 g/mol. The molecule has 0 bridgehead atoms. The lowest BCUT2D eigenvalue weighted by molar-refractivity contribution is 0.0709. The largest absolute Gasteiger partial charge is 0.455 e. The Morgan fingerprint density at radius 3 is 2.59 bits per heavy atom. The Hall–Kier alpha value is -4.24. The van der Waals surface area contributed by atoms with Crippen LogP contribution in [0.4, 0.5) is 10.1 Å². The molecular formula is C32H31FN4O3S. The molecule has 1 saturated heterocycles. The molecule has 1 fully saturated rings. The Morgan fingerprint density at radius 1 is 1.10 bits per heavy atom. The van der Waals surface area contributed by atoms with Crippen LogP contribution in [0.2, 0.25) is 0 Å². The minimum Gasteiger partial charge on any atom is -0.455 e. The summed E-state index contributed by atoms with van der Waals surface area (Å²) < 4.78 is 23.6. The highest BCUT2D eigenvalue weighted by Gasteiger charge is 2.31. The third-order valence-corrected chi connectivity index (χ3v) is 8.24. The zero-order valence-corrected chi connectivity index (χ0v) is 24.0. The number of para-hydroxylation sites is 1. The van der Waals surface area contributed by atoms with Crippen LogP contribution in [-0.4, -0.2) is 48.5 Å². The van der Waals surface area contributed by atoms with E-state index in [0.717, 1.165) is 35.0 Å². The highest BCUT2D eigenvalue weighted by molar-refractivity contribution is 7.81. The molecule has 1 atom stereocenters. The Balaban J connectivity index is 1.42. The number of carbonyl (C=O) groups excluding carboxylic acids is 2. The van der Waals surface area contributed by atoms with E-state index < -0.39 is 0 Å². The minimum atomic E-state index is -0.368. The van der Waals surface area contributed by atoms with Crippen LogP contribution in [0.1, 0.15) is 45.0 Å². The molecule has 2 aromatic heterocycles. The van der Waals surface area contributed by atoms with E-state index in [2.05, 4.69) is 18.1 Å². The van der Waals surface area contributed by atoms with E-state index in [0.29, 0.717) is 46.5 Å². The number of carbonyl (C=O) groups is 2. The second kappa shape index (κ2) is 10.6. The molecule has 3 heterocycles. The standard InChI is InChI=1S/C32H31FN4O3S/c1-34-31(38)29-24-15-23(27(36(3)41)16-28(24)40-30(29)19-10-12-21(33)13-11-19)20-7-6-14-37(17-20)32(39)25-18-35(2)26-9-5-4-8-22(25)26/h4-5,8-13,15-16,18,20,41H,6-7,14,17H2,1-3H3,(H,34,38)/t20-/m0/s1. The van der Waals surface area contributed by atoms with Crippen molar-refractivity contribution in [3.63, 3.8) is 0 Å². The van der Waals surface area contributed by atoms with Gasteiger partial charge in [0.2, 0.25) is 0 Å². The number of amides is 2. The van der Waals surface area contributed by atoms with Crippen LogP contribution in [0.5, 0.6) is 0 Å². The van der Waals surface area contributed by atoms with Gasteiger partial charge in [-0.25, -0.2) is 4.39 Å². The van der Waals surface area contributed by atoms with E-state index in [1.807, 2.05) is 66.2 Å². The van der Waals surface area contributed by atoms with Crippen molar-refractivity contribution in [2.75, 3.05) is 31.5 Å². The van der Waals surface area contributed by atoms with Gasteiger partial charge in [-0.2, -0.15) is 0 Å². The number of benzene rings is 3. The molecule has 1 aliphatic rings. The predicted molar refractivity (Wildman–Crippen MR) is 163 cm³/mol. The molecule has 0 unspecified atom stereocenters. The highest BCUT2D eigenvalue weighted by Crippen LogP contribution is 2.42. The summed E-state index contributed by atoms with van der Waals surface area (Å²) in [5, 5.41) is 4.33. The molecule has 2 amide bonds. The number of hydrogen-bond acceptors (Lipinski definition) is 5. The zero-order valence-electron chi connectivity index (χ0n) is 23.1. The third kappa shape index (κ3) is 4.74. The summed E-state index contributed by atoms with van der Waals surface area (Å²) in [7, 11) is 5.38. The van der Waals surface area contributed by atoms with Crippen molar-refractivity contribution in [2.24, 2.45) is 7.05 Å². The number of piperidine rings is 1. The van der Waals surface area contributed by atoms with E-state index in [1.54, 1.807) is 23.5 Å². The molecule has 0 radical (unpaired) electrons. The van der Waals surface area contributed by atoms with Crippen molar-refractivity contribution in [1.29, 1.82) is 0 Å². The summed E-state index contributed by atoms with van der Waals surface area (Å²) in [4.78, 5) is 28.9. The summed E-state index contributed by atoms with van der Waals surface area (Å²) in [6.45, 7) is 1.22. The number of aromatic nitrogens is 1. The van der Waals surface area contributed by atoms with E-state index in [1.165, 1.54) is 12.1 Å². The van der Waals surface area contributed by atoms with Crippen molar-refractivity contribution in [2.45, 2.75) is 18.8 Å². The number of furan rings is 1. The van der Waals surface area contributed by atoms with Gasteiger partial charge in [0.15, 0.2) is 0 Å². The van der Waals surface area contributed by atoms with Crippen molar-refractivity contribution in [3.05, 3.63) is 89.4 Å². The normalized spacial score (nSPS) is 15.4. The summed E-state index contributed by atoms with van der Waals surface area (Å²) in [5.41, 5.74) is 5.08. The number of hydrogen-bond donors (Lipinski definition) is 2. The molecule has 6 rings (SSSR count). The molecule has 0 spiro atoms. The Bertz CT molecular complexity index is 1790. The van der Waals surface area contributed by atoms with Crippen LogP contribution >= 0.6 is 12.8 Å². The first kappa shape index (κ1) is 27.0. The topological polar surface area (TPSA) is 70.7 Å². The fraction of sp³-hybridized carbons (Fsp3) is 0.250. The summed E-state index contributed by atoms with van der Waals surface area (Å²) in [5.74, 6) is -0.245. The highest BCUT2D eigenvalue weighted by atomic mass is 32.1. The number of rotatable bonds is 5. The van der Waals surface area contributed by atoms with Gasteiger partial charge in [-0.1, -0.05) is 31.0 Å². The van der Waals surface area contributed by atoms with Crippen molar-refractivity contribution in [3.8, 4) is 11.3 Å². The lowest BCUT2D eigenvalue weighted by Crippen LogP contribution is -2.39. The number of aryl methyl sites for hydroxylation is 1. The number of likely N-dealkylation sites (tertiary alicyclic amines) is 1. The number of nitrogens with one attached hydrogen (secondary N) is 1. The summed E-state index contributed by atoms with van der Waals surface area (Å²) in [6, 6.07) is 17.7. The molecule has 7 nitrogen and oxygen atoms in total. The molecule has 1 aliphatic heterocycles. The number of anilines is 1. The van der Waals surface area contributed by atoms with E-state index in [9.17, 15) is 14.0 Å². The first-order valence-corrected chi connectivity index (χ1v) is 14.0. The number of nitrogens with zero attached hydrogens (tertiary/aromatic N) is 3. The van der Waals surface area contributed by atoms with E-state index in [-0.39, 0.29) is 23.5 Å². The molecule has 0 aliphatic carbocycles. The summed E-state index contributed by atoms with van der Waals surface area (Å²) >= 11 is 4.63. The Labute approximate surface area is 243 Å². The van der Waals surface area contributed by atoms with Crippen LogP contribution in [0.15, 0.2) is 71.3 Å². The van der Waals surface area contributed by atoms with Gasteiger partial charge in [-0.05, 0) is 54.8 Å². The fourth-order valence-corrected chi connectivity index (χ4v) is 6.18. The molecule has 41 heavy (non-hydrogen) atoms. The maximum atomic E-state index is 13.8. The van der Waals surface area contributed by atoms with Crippen molar-refractivity contribution in [1.82, 2.24) is 14.8 Å². The first-order chi connectivity index (χ1) is 19.8. The van der Waals surface area contributed by atoms with Gasteiger partial charge in [0.1, 0.15) is 17.2 Å². The SMILES string of the molecule is CNC(=O)c1c(-c2ccc(F)cc2)oc2cc(N(C)S)c([C@H]3CCCN(C(=O)c4cn(C)c5ccccc45)C3)cc12. The van der Waals surface area contributed by atoms with Crippen LogP contribution in [-0.2, 0) is 7.05 Å². The average molecular weight is 571 g/mol. The second-order valence-corrected chi connectivity index (χ2v) is 11.2. The van der Waals surface area contributed by atoms with Gasteiger partial charge in [0, 0.05) is 74.3 Å². The third-order valence-electron chi connectivity index (χ3n) is 8.02. The van der Waals surface area contributed by atoms with Crippen LogP contribution in [0, 0.1) is 5.82 Å². The van der Waals surface area contributed by atoms with Gasteiger partial charge in [0.05, 0.1) is 16.8 Å². The van der Waals surface area contributed by atoms with Gasteiger partial charge in [-0.15, -0.1) is 0 Å². The van der Waals surface area contributed by atoms with Crippen LogP contribution < -0.4 is 9.62 Å². The van der Waals surface area contributed by atoms with E-state index >= 15 is 0 Å². The Kier molecular flexibility index (Phi) is 6.99. The fourth-order valence-electron chi connectivity index (χ4n) is 6.01. The molecule has 0 saturated carbocycles. The van der Waals surface area contributed by atoms with Gasteiger partial charge in [0.25, 0.3) is 11.8 Å². The predicted octanol–water partition coefficient (Wildman–Crippen LogP) is 6.39. The zero-order chi connectivity index (χ0) is 28.8. The van der Waals surface area contributed by atoms with Gasteiger partial charge in [-0.3, -0.25) is 9.59 Å². The van der Waals surface area contributed by atoms with Gasteiger partial charge < -0.3 is 23.5 Å². The number of halogens is 1. The molecular weight excluding hydrogens is 539 g/mol. The maximum Gasteiger partial charge on any atom is 0.256 e. The second-order valence-electron chi connectivity index (χ2n) is 10.6. The van der Waals surface area contributed by atoms with Crippen molar-refractivity contribution >= 4 is 52.2 Å². The lowest BCUT2D eigenvalue weighted by atomic mass is 9.87. The first-order valence-electron chi connectivity index (χ1n) is 13.6. The summed E-state index contributed by atoms with van der Waals surface area (Å²) in [6.07, 6.45) is 3.65. The van der Waals surface area contributed by atoms with Crippen molar-refractivity contribution < 1.29 is 18.4 Å². The Morgan fingerprint density at radius 2 is 1.85 bits per heavy atom.